The summed E-state index contributed by atoms with van der Waals surface area (Å²) in [6, 6.07) is 12.2. The summed E-state index contributed by atoms with van der Waals surface area (Å²) in [5.41, 5.74) is -0.568. The molecule has 1 atom stereocenters. The Balaban J connectivity index is 1.92. The van der Waals surface area contributed by atoms with Crippen LogP contribution in [0.25, 0.3) is 0 Å². The maximum Gasteiger partial charge on any atom is 0.347 e. The number of carboxylic acid groups (broad SMARTS) is 1. The van der Waals surface area contributed by atoms with E-state index < -0.39 is 16.5 Å². The molecule has 0 heterocycles. The number of nitro groups is 1. The van der Waals surface area contributed by atoms with Crippen LogP contribution in [-0.2, 0) is 10.5 Å². The number of ether oxygens (including phenoxy) is 1. The summed E-state index contributed by atoms with van der Waals surface area (Å²) in [6.07, 6.45) is 0.253. The quantitative estimate of drug-likeness (QED) is 0.388. The maximum absolute atomic E-state index is 11.6. The number of carboxylic acids is 1. The number of benzene rings is 2. The van der Waals surface area contributed by atoms with E-state index in [4.69, 9.17) is 4.74 Å². The molecule has 7 nitrogen and oxygen atoms in total. The van der Waals surface area contributed by atoms with Gasteiger partial charge < -0.3 is 14.9 Å². The summed E-state index contributed by atoms with van der Waals surface area (Å²) < 4.78 is 5.61. The van der Waals surface area contributed by atoms with Gasteiger partial charge in [0.2, 0.25) is 5.60 Å². The molecule has 0 saturated heterocycles. The molecule has 2 aromatic rings. The van der Waals surface area contributed by atoms with Gasteiger partial charge in [-0.2, -0.15) is 11.8 Å². The molecule has 1 unspecified atom stereocenters. The zero-order chi connectivity index (χ0) is 19.2. The summed E-state index contributed by atoms with van der Waals surface area (Å²) >= 11 is 1.48. The zero-order valence-electron chi connectivity index (χ0n) is 14.1. The second-order valence-corrected chi connectivity index (χ2v) is 6.97. The number of carbonyl (C=O) groups is 1. The standard InChI is InChI=1S/C18H19NO6S/c1-18(17(21)22,25-16-7-5-15(20)6-8-16)9-10-26-12-13-3-2-4-14(11-13)19(23)24/h2-8,11,20H,9-10,12H2,1H3,(H,21,22). The summed E-state index contributed by atoms with van der Waals surface area (Å²) in [7, 11) is 0. The second kappa shape index (κ2) is 8.57. The van der Waals surface area contributed by atoms with Crippen LogP contribution in [0.3, 0.4) is 0 Å². The van der Waals surface area contributed by atoms with Crippen LogP contribution in [0.1, 0.15) is 18.9 Å². The largest absolute Gasteiger partial charge is 0.508 e. The Morgan fingerprint density at radius 2 is 1.96 bits per heavy atom. The lowest BCUT2D eigenvalue weighted by molar-refractivity contribution is -0.384. The van der Waals surface area contributed by atoms with E-state index in [0.717, 1.165) is 5.56 Å². The molecule has 2 aromatic carbocycles. The van der Waals surface area contributed by atoms with Gasteiger partial charge in [-0.15, -0.1) is 0 Å². The van der Waals surface area contributed by atoms with E-state index in [1.54, 1.807) is 12.1 Å². The molecule has 0 amide bonds. The molecule has 0 saturated carbocycles. The van der Waals surface area contributed by atoms with Crippen LogP contribution in [0.2, 0.25) is 0 Å². The Labute approximate surface area is 154 Å². The van der Waals surface area contributed by atoms with Crippen molar-refractivity contribution in [2.75, 3.05) is 5.75 Å². The third-order valence-electron chi connectivity index (χ3n) is 3.75. The Morgan fingerprint density at radius 3 is 2.58 bits per heavy atom. The summed E-state index contributed by atoms with van der Waals surface area (Å²) in [4.78, 5) is 22.0. The van der Waals surface area contributed by atoms with Crippen LogP contribution < -0.4 is 4.74 Å². The topological polar surface area (TPSA) is 110 Å². The first-order valence-electron chi connectivity index (χ1n) is 7.83. The van der Waals surface area contributed by atoms with E-state index >= 15 is 0 Å². The maximum atomic E-state index is 11.6. The predicted molar refractivity (Wildman–Crippen MR) is 98.7 cm³/mol. The summed E-state index contributed by atoms with van der Waals surface area (Å²) in [5, 5.41) is 29.6. The van der Waals surface area contributed by atoms with Crippen molar-refractivity contribution in [2.24, 2.45) is 0 Å². The van der Waals surface area contributed by atoms with Crippen molar-refractivity contribution in [3.05, 3.63) is 64.2 Å². The molecule has 26 heavy (non-hydrogen) atoms. The Hall–Kier alpha value is -2.74. The van der Waals surface area contributed by atoms with E-state index in [9.17, 15) is 25.1 Å². The monoisotopic (exact) mass is 377 g/mol. The Bertz CT molecular complexity index is 780. The molecular weight excluding hydrogens is 358 g/mol. The van der Waals surface area contributed by atoms with Gasteiger partial charge in [0.1, 0.15) is 11.5 Å². The Morgan fingerprint density at radius 1 is 1.27 bits per heavy atom. The first-order valence-corrected chi connectivity index (χ1v) is 8.98. The van der Waals surface area contributed by atoms with E-state index in [1.165, 1.54) is 55.1 Å². The first-order chi connectivity index (χ1) is 12.3. The van der Waals surface area contributed by atoms with Gasteiger partial charge in [0.25, 0.3) is 5.69 Å². The van der Waals surface area contributed by atoms with Gasteiger partial charge in [0, 0.05) is 24.3 Å². The van der Waals surface area contributed by atoms with Gasteiger partial charge in [-0.1, -0.05) is 12.1 Å². The lowest BCUT2D eigenvalue weighted by atomic mass is 10.0. The number of nitro benzene ring substituents is 1. The zero-order valence-corrected chi connectivity index (χ0v) is 14.9. The van der Waals surface area contributed by atoms with Gasteiger partial charge in [-0.05, 0) is 42.5 Å². The molecule has 8 heteroatoms. The van der Waals surface area contributed by atoms with Crippen LogP contribution in [-0.4, -0.2) is 32.5 Å². The Kier molecular flexibility index (Phi) is 6.46. The fraction of sp³-hybridized carbons (Fsp3) is 0.278. The molecule has 138 valence electrons. The minimum Gasteiger partial charge on any atom is -0.508 e. The molecule has 0 radical (unpaired) electrons. The minimum absolute atomic E-state index is 0.0362. The van der Waals surface area contributed by atoms with Crippen LogP contribution in [0, 0.1) is 10.1 Å². The molecule has 2 rings (SSSR count). The van der Waals surface area contributed by atoms with E-state index in [0.29, 0.717) is 17.3 Å². The second-order valence-electron chi connectivity index (χ2n) is 5.86. The fourth-order valence-corrected chi connectivity index (χ4v) is 3.29. The molecular formula is C18H19NO6S. The van der Waals surface area contributed by atoms with Crippen molar-refractivity contribution in [3.8, 4) is 11.5 Å². The highest BCUT2D eigenvalue weighted by atomic mass is 32.2. The van der Waals surface area contributed by atoms with Crippen molar-refractivity contribution in [3.63, 3.8) is 0 Å². The van der Waals surface area contributed by atoms with Gasteiger partial charge in [-0.3, -0.25) is 10.1 Å². The van der Waals surface area contributed by atoms with Crippen LogP contribution in [0.5, 0.6) is 11.5 Å². The highest BCUT2D eigenvalue weighted by Crippen LogP contribution is 2.26. The number of aromatic hydroxyl groups is 1. The highest BCUT2D eigenvalue weighted by molar-refractivity contribution is 7.98. The number of phenols is 1. The number of hydrogen-bond acceptors (Lipinski definition) is 6. The molecule has 0 aromatic heterocycles. The first kappa shape index (κ1) is 19.6. The third-order valence-corrected chi connectivity index (χ3v) is 4.78. The highest BCUT2D eigenvalue weighted by Gasteiger charge is 2.35. The van der Waals surface area contributed by atoms with E-state index in [2.05, 4.69) is 0 Å². The number of rotatable bonds is 9. The predicted octanol–water partition coefficient (Wildman–Crippen LogP) is 3.85. The van der Waals surface area contributed by atoms with Crippen molar-refractivity contribution in [1.29, 1.82) is 0 Å². The van der Waals surface area contributed by atoms with Crippen molar-refractivity contribution < 1.29 is 24.7 Å². The smallest absolute Gasteiger partial charge is 0.347 e. The van der Waals surface area contributed by atoms with Crippen LogP contribution >= 0.6 is 11.8 Å². The van der Waals surface area contributed by atoms with Crippen molar-refractivity contribution in [2.45, 2.75) is 24.7 Å². The number of phenolic OH excluding ortho intramolecular Hbond substituents is 1. The third kappa shape index (κ3) is 5.38. The van der Waals surface area contributed by atoms with Gasteiger partial charge in [0.15, 0.2) is 0 Å². The molecule has 0 bridgehead atoms. The van der Waals surface area contributed by atoms with Crippen LogP contribution in [0.4, 0.5) is 5.69 Å². The van der Waals surface area contributed by atoms with Crippen molar-refractivity contribution in [1.82, 2.24) is 0 Å². The molecule has 0 aliphatic rings. The lowest BCUT2D eigenvalue weighted by Gasteiger charge is -2.26. The minimum atomic E-state index is -1.41. The summed E-state index contributed by atoms with van der Waals surface area (Å²) in [5.74, 6) is 0.389. The van der Waals surface area contributed by atoms with Crippen LogP contribution in [0.15, 0.2) is 48.5 Å². The number of thioether (sulfide) groups is 1. The average molecular weight is 377 g/mol. The summed E-state index contributed by atoms with van der Waals surface area (Å²) in [6.45, 7) is 1.50. The molecule has 0 aliphatic heterocycles. The molecule has 0 spiro atoms. The number of hydrogen-bond donors (Lipinski definition) is 2. The van der Waals surface area contributed by atoms with Gasteiger partial charge in [0.05, 0.1) is 4.92 Å². The number of aliphatic carboxylic acids is 1. The number of nitrogens with zero attached hydrogens (tertiary/aromatic N) is 1. The SMILES string of the molecule is CC(CCSCc1cccc([N+](=O)[O-])c1)(Oc1ccc(O)cc1)C(=O)O. The average Bonchev–Trinajstić information content (AvgIpc) is 2.61. The van der Waals surface area contributed by atoms with Gasteiger partial charge >= 0.3 is 5.97 Å². The van der Waals surface area contributed by atoms with E-state index in [1.807, 2.05) is 0 Å². The van der Waals surface area contributed by atoms with Gasteiger partial charge in [-0.25, -0.2) is 4.79 Å². The molecule has 0 fully saturated rings. The molecule has 2 N–H and O–H groups in total. The van der Waals surface area contributed by atoms with Crippen molar-refractivity contribution >= 4 is 23.4 Å². The number of non-ortho nitro benzene ring substituents is 1. The molecule has 0 aliphatic carbocycles. The normalized spacial score (nSPS) is 13.0. The lowest BCUT2D eigenvalue weighted by Crippen LogP contribution is -2.42. The van der Waals surface area contributed by atoms with E-state index in [-0.39, 0.29) is 17.9 Å². The fourth-order valence-electron chi connectivity index (χ4n) is 2.19.